The topological polar surface area (TPSA) is 70.6 Å². The number of guanidine groups is 1. The van der Waals surface area contributed by atoms with Gasteiger partial charge in [0.1, 0.15) is 5.82 Å². The van der Waals surface area contributed by atoms with Gasteiger partial charge < -0.3 is 10.6 Å². The van der Waals surface area contributed by atoms with E-state index in [9.17, 15) is 12.8 Å². The molecule has 1 aliphatic carbocycles. The smallest absolute Gasteiger partial charge is 0.191 e. The summed E-state index contributed by atoms with van der Waals surface area (Å²) in [5.74, 6) is 0.451. The van der Waals surface area contributed by atoms with Crippen LogP contribution in [0.1, 0.15) is 29.5 Å². The van der Waals surface area contributed by atoms with Crippen LogP contribution in [0.2, 0.25) is 0 Å². The fourth-order valence-corrected chi connectivity index (χ4v) is 4.39. The first-order valence-corrected chi connectivity index (χ1v) is 11.1. The highest BCUT2D eigenvalue weighted by atomic mass is 32.2. The molecular formula is C21H26FN3O2S. The Hall–Kier alpha value is -2.41. The Morgan fingerprint density at radius 2 is 1.93 bits per heavy atom. The van der Waals surface area contributed by atoms with Crippen LogP contribution in [0.5, 0.6) is 0 Å². The fraction of sp³-hybridized carbons (Fsp3) is 0.381. The van der Waals surface area contributed by atoms with E-state index in [2.05, 4.69) is 15.6 Å². The molecule has 0 aliphatic heterocycles. The molecule has 28 heavy (non-hydrogen) atoms. The average molecular weight is 404 g/mol. The van der Waals surface area contributed by atoms with Gasteiger partial charge in [0, 0.05) is 31.8 Å². The summed E-state index contributed by atoms with van der Waals surface area (Å²) in [6.45, 7) is 3.00. The van der Waals surface area contributed by atoms with Crippen molar-refractivity contribution in [3.63, 3.8) is 0 Å². The van der Waals surface area contributed by atoms with E-state index in [0.717, 1.165) is 29.5 Å². The van der Waals surface area contributed by atoms with Crippen molar-refractivity contribution in [3.05, 3.63) is 65.0 Å². The maximum atomic E-state index is 13.5. The lowest BCUT2D eigenvalue weighted by Gasteiger charge is -2.19. The van der Waals surface area contributed by atoms with Crippen molar-refractivity contribution in [3.8, 4) is 0 Å². The van der Waals surface area contributed by atoms with E-state index < -0.39 is 9.84 Å². The Morgan fingerprint density at radius 1 is 1.18 bits per heavy atom. The third-order valence-electron chi connectivity index (χ3n) is 5.21. The predicted molar refractivity (Wildman–Crippen MR) is 110 cm³/mol. The van der Waals surface area contributed by atoms with Crippen LogP contribution in [0.4, 0.5) is 4.39 Å². The zero-order valence-corrected chi connectivity index (χ0v) is 17.2. The maximum Gasteiger partial charge on any atom is 0.191 e. The number of hydrogen-bond donors (Lipinski definition) is 2. The molecule has 2 aromatic rings. The van der Waals surface area contributed by atoms with Gasteiger partial charge in [-0.1, -0.05) is 24.3 Å². The second-order valence-corrected chi connectivity index (χ2v) is 9.43. The number of halogens is 1. The van der Waals surface area contributed by atoms with Crippen LogP contribution in [-0.4, -0.2) is 34.2 Å². The monoisotopic (exact) mass is 403 g/mol. The number of nitrogens with zero attached hydrogens (tertiary/aromatic N) is 1. The molecule has 7 heteroatoms. The Kier molecular flexibility index (Phi) is 5.74. The number of benzene rings is 2. The number of hydrogen-bond acceptors (Lipinski definition) is 3. The number of nitrogens with one attached hydrogen (secondary N) is 2. The second kappa shape index (κ2) is 7.91. The van der Waals surface area contributed by atoms with Gasteiger partial charge in [-0.3, -0.25) is 4.99 Å². The van der Waals surface area contributed by atoms with Crippen molar-refractivity contribution < 1.29 is 12.8 Å². The lowest BCUT2D eigenvalue weighted by atomic mass is 9.96. The van der Waals surface area contributed by atoms with Crippen molar-refractivity contribution >= 4 is 15.8 Å². The molecule has 150 valence electrons. The Bertz CT molecular complexity index is 998. The molecule has 0 radical (unpaired) electrons. The summed E-state index contributed by atoms with van der Waals surface area (Å²) >= 11 is 0. The molecule has 5 nitrogen and oxygen atoms in total. The minimum absolute atomic E-state index is 0.0343. The molecule has 0 amide bonds. The van der Waals surface area contributed by atoms with Crippen LogP contribution in [0.15, 0.2) is 52.4 Å². The zero-order chi connectivity index (χ0) is 20.4. The SMILES string of the molecule is CN=C(NCc1ccc(S(C)(=O)=O)c(C)c1)NCC1(c2cccc(F)c2)CC1. The lowest BCUT2D eigenvalue weighted by Crippen LogP contribution is -2.40. The second-order valence-electron chi connectivity index (χ2n) is 7.44. The molecule has 1 fully saturated rings. The van der Waals surface area contributed by atoms with Crippen molar-refractivity contribution in [1.29, 1.82) is 0 Å². The molecule has 0 unspecified atom stereocenters. The number of aryl methyl sites for hydroxylation is 1. The summed E-state index contributed by atoms with van der Waals surface area (Å²) in [4.78, 5) is 4.60. The highest BCUT2D eigenvalue weighted by Crippen LogP contribution is 2.47. The molecule has 2 N–H and O–H groups in total. The van der Waals surface area contributed by atoms with Gasteiger partial charge in [0.25, 0.3) is 0 Å². The molecule has 0 atom stereocenters. The van der Waals surface area contributed by atoms with E-state index in [-0.39, 0.29) is 11.2 Å². The van der Waals surface area contributed by atoms with Crippen LogP contribution in [0.3, 0.4) is 0 Å². The molecule has 2 aromatic carbocycles. The minimum atomic E-state index is -3.22. The normalized spacial score (nSPS) is 15.9. The molecule has 0 heterocycles. The van der Waals surface area contributed by atoms with Crippen molar-refractivity contribution in [2.45, 2.75) is 36.6 Å². The summed E-state index contributed by atoms with van der Waals surface area (Å²) < 4.78 is 37.0. The highest BCUT2D eigenvalue weighted by molar-refractivity contribution is 7.90. The highest BCUT2D eigenvalue weighted by Gasteiger charge is 2.44. The van der Waals surface area contributed by atoms with Gasteiger partial charge in [0.05, 0.1) is 4.90 Å². The van der Waals surface area contributed by atoms with Gasteiger partial charge in [0.15, 0.2) is 15.8 Å². The zero-order valence-electron chi connectivity index (χ0n) is 16.4. The molecule has 1 aliphatic rings. The molecular weight excluding hydrogens is 377 g/mol. The summed E-state index contributed by atoms with van der Waals surface area (Å²) in [6, 6.07) is 12.1. The van der Waals surface area contributed by atoms with E-state index >= 15 is 0 Å². The lowest BCUT2D eigenvalue weighted by molar-refractivity contribution is 0.601. The molecule has 0 saturated heterocycles. The van der Waals surface area contributed by atoms with Gasteiger partial charge in [-0.15, -0.1) is 0 Å². The number of sulfone groups is 1. The van der Waals surface area contributed by atoms with Crippen molar-refractivity contribution in [1.82, 2.24) is 10.6 Å². The Balaban J connectivity index is 1.59. The van der Waals surface area contributed by atoms with E-state index in [0.29, 0.717) is 23.9 Å². The van der Waals surface area contributed by atoms with Gasteiger partial charge in [-0.2, -0.15) is 0 Å². The fourth-order valence-electron chi connectivity index (χ4n) is 3.43. The third-order valence-corrected chi connectivity index (χ3v) is 6.46. The summed E-state index contributed by atoms with van der Waals surface area (Å²) in [5.41, 5.74) is 2.68. The first-order chi connectivity index (χ1) is 13.2. The van der Waals surface area contributed by atoms with Gasteiger partial charge in [-0.05, 0) is 54.7 Å². The van der Waals surface area contributed by atoms with Crippen LogP contribution < -0.4 is 10.6 Å². The van der Waals surface area contributed by atoms with Crippen LogP contribution in [0, 0.1) is 12.7 Å². The molecule has 0 bridgehead atoms. The largest absolute Gasteiger partial charge is 0.356 e. The van der Waals surface area contributed by atoms with E-state index in [1.54, 1.807) is 38.2 Å². The summed E-state index contributed by atoms with van der Waals surface area (Å²) in [5, 5.41) is 6.58. The predicted octanol–water partition coefficient (Wildman–Crippen LogP) is 2.93. The molecule has 1 saturated carbocycles. The van der Waals surface area contributed by atoms with Crippen LogP contribution >= 0.6 is 0 Å². The quantitative estimate of drug-likeness (QED) is 0.575. The van der Waals surface area contributed by atoms with Crippen LogP contribution in [0.25, 0.3) is 0 Å². The van der Waals surface area contributed by atoms with Crippen LogP contribution in [-0.2, 0) is 21.8 Å². The molecule has 3 rings (SSSR count). The standard InChI is InChI=1S/C21H26FN3O2S/c1-15-11-16(7-8-19(15)28(3,26)27)13-24-20(23-2)25-14-21(9-10-21)17-5-4-6-18(22)12-17/h4-8,11-12H,9-10,13-14H2,1-3H3,(H2,23,24,25). The first-order valence-electron chi connectivity index (χ1n) is 9.24. The van der Waals surface area contributed by atoms with Gasteiger partial charge in [0.2, 0.25) is 0 Å². The van der Waals surface area contributed by atoms with E-state index in [1.165, 1.54) is 12.3 Å². The average Bonchev–Trinajstić information content (AvgIpc) is 3.42. The van der Waals surface area contributed by atoms with Crippen molar-refractivity contribution in [2.75, 3.05) is 19.8 Å². The summed E-state index contributed by atoms with van der Waals surface area (Å²) in [7, 11) is -1.51. The Morgan fingerprint density at radius 3 is 2.50 bits per heavy atom. The van der Waals surface area contributed by atoms with E-state index in [4.69, 9.17) is 0 Å². The third kappa shape index (κ3) is 4.70. The maximum absolute atomic E-state index is 13.5. The van der Waals surface area contributed by atoms with Crippen molar-refractivity contribution in [2.24, 2.45) is 4.99 Å². The Labute approximate surface area is 166 Å². The molecule has 0 aromatic heterocycles. The van der Waals surface area contributed by atoms with Gasteiger partial charge >= 0.3 is 0 Å². The molecule has 0 spiro atoms. The minimum Gasteiger partial charge on any atom is -0.356 e. The number of rotatable bonds is 6. The van der Waals surface area contributed by atoms with Gasteiger partial charge in [-0.25, -0.2) is 12.8 Å². The van der Waals surface area contributed by atoms with E-state index in [1.807, 2.05) is 12.1 Å². The first kappa shape index (κ1) is 20.3. The summed E-state index contributed by atoms with van der Waals surface area (Å²) in [6.07, 6.45) is 3.25. The number of aliphatic imine (C=N–C) groups is 1.